The van der Waals surface area contributed by atoms with Gasteiger partial charge in [-0.1, -0.05) is 24.3 Å². The highest BCUT2D eigenvalue weighted by Crippen LogP contribution is 2.30. The zero-order valence-corrected chi connectivity index (χ0v) is 21.8. The maximum absolute atomic E-state index is 13.0. The Kier molecular flexibility index (Phi) is 9.22. The van der Waals surface area contributed by atoms with Gasteiger partial charge < -0.3 is 49.4 Å². The van der Waals surface area contributed by atoms with Crippen molar-refractivity contribution in [3.05, 3.63) is 36.4 Å². The summed E-state index contributed by atoms with van der Waals surface area (Å²) in [7, 11) is -0.139. The van der Waals surface area contributed by atoms with Gasteiger partial charge in [0.2, 0.25) is 10.0 Å². The smallest absolute Gasteiger partial charge is 0.241 e. The minimum absolute atomic E-state index is 0.119. The summed E-state index contributed by atoms with van der Waals surface area (Å²) in [6, 6.07) is 10.5. The summed E-state index contributed by atoms with van der Waals surface area (Å²) in [4.78, 5) is 2.02. The molecule has 212 valence electrons. The number of anilines is 1. The molecule has 38 heavy (non-hydrogen) atoms. The first-order valence-electron chi connectivity index (χ1n) is 12.1. The molecule has 2 aliphatic heterocycles. The number of aliphatic hydroxyl groups excluding tert-OH is 5. The fourth-order valence-corrected chi connectivity index (χ4v) is 5.73. The summed E-state index contributed by atoms with van der Waals surface area (Å²) in [5.41, 5.74) is 0.880. The normalized spacial score (nSPS) is 31.8. The van der Waals surface area contributed by atoms with E-state index in [1.807, 2.05) is 31.1 Å². The lowest BCUT2D eigenvalue weighted by Gasteiger charge is -2.20. The molecular formula is C24H34N2O11S. The van der Waals surface area contributed by atoms with Crippen LogP contribution in [0.25, 0.3) is 10.8 Å². The zero-order chi connectivity index (χ0) is 27.6. The predicted octanol–water partition coefficient (Wildman–Crippen LogP) is -1.90. The van der Waals surface area contributed by atoms with Crippen molar-refractivity contribution in [2.45, 2.75) is 54.1 Å². The van der Waals surface area contributed by atoms with E-state index in [9.17, 15) is 28.8 Å². The van der Waals surface area contributed by atoms with Gasteiger partial charge in [0.05, 0.1) is 24.7 Å². The number of fused-ring (bicyclic) bond motifs is 1. The van der Waals surface area contributed by atoms with Crippen molar-refractivity contribution in [3.63, 3.8) is 0 Å². The van der Waals surface area contributed by atoms with E-state index >= 15 is 0 Å². The Labute approximate surface area is 220 Å². The van der Waals surface area contributed by atoms with E-state index in [2.05, 4.69) is 4.72 Å². The van der Waals surface area contributed by atoms with Crippen LogP contribution in [0.15, 0.2) is 41.3 Å². The van der Waals surface area contributed by atoms with E-state index in [1.54, 1.807) is 18.2 Å². The summed E-state index contributed by atoms with van der Waals surface area (Å²) in [5, 5.41) is 50.8. The first kappa shape index (κ1) is 29.0. The molecule has 0 unspecified atom stereocenters. The molecule has 2 heterocycles. The third-order valence-corrected chi connectivity index (χ3v) is 8.07. The van der Waals surface area contributed by atoms with Crippen molar-refractivity contribution in [1.29, 1.82) is 0 Å². The number of benzene rings is 2. The Hall–Kier alpha value is -1.95. The molecule has 0 aliphatic carbocycles. The van der Waals surface area contributed by atoms with E-state index in [4.69, 9.17) is 24.1 Å². The molecule has 2 aromatic rings. The van der Waals surface area contributed by atoms with Gasteiger partial charge in [-0.25, -0.2) is 13.1 Å². The van der Waals surface area contributed by atoms with E-state index in [0.717, 1.165) is 11.1 Å². The van der Waals surface area contributed by atoms with Crippen LogP contribution < -0.4 is 9.62 Å². The average molecular weight is 559 g/mol. The first-order valence-corrected chi connectivity index (χ1v) is 13.6. The Morgan fingerprint density at radius 1 is 0.868 bits per heavy atom. The van der Waals surface area contributed by atoms with Gasteiger partial charge in [0.15, 0.2) is 12.6 Å². The lowest BCUT2D eigenvalue weighted by Crippen LogP contribution is -2.38. The maximum atomic E-state index is 13.0. The molecule has 8 atom stereocenters. The number of rotatable bonds is 11. The summed E-state index contributed by atoms with van der Waals surface area (Å²) < 4.78 is 50.0. The van der Waals surface area contributed by atoms with Crippen LogP contribution in [-0.2, 0) is 29.0 Å². The molecule has 0 bridgehead atoms. The largest absolute Gasteiger partial charge is 0.394 e. The molecule has 2 saturated heterocycles. The molecule has 0 amide bonds. The molecule has 2 aromatic carbocycles. The van der Waals surface area contributed by atoms with Crippen molar-refractivity contribution < 1.29 is 52.9 Å². The first-order chi connectivity index (χ1) is 18.0. The van der Waals surface area contributed by atoms with Crippen LogP contribution in [0.2, 0.25) is 0 Å². The topological polar surface area (TPSA) is 187 Å². The van der Waals surface area contributed by atoms with Gasteiger partial charge in [0.1, 0.15) is 36.6 Å². The van der Waals surface area contributed by atoms with Crippen molar-refractivity contribution in [2.75, 3.05) is 45.4 Å². The van der Waals surface area contributed by atoms with Crippen LogP contribution in [0.4, 0.5) is 5.69 Å². The molecular weight excluding hydrogens is 524 g/mol. The second-order valence-corrected chi connectivity index (χ2v) is 11.1. The molecule has 6 N–H and O–H groups in total. The van der Waals surface area contributed by atoms with E-state index < -0.39 is 65.8 Å². The number of hydrogen-bond acceptors (Lipinski definition) is 12. The molecule has 13 nitrogen and oxygen atoms in total. The average Bonchev–Trinajstić information content (AvgIpc) is 3.33. The second-order valence-electron chi connectivity index (χ2n) is 9.36. The number of sulfonamides is 1. The van der Waals surface area contributed by atoms with Gasteiger partial charge in [-0.05, 0) is 12.1 Å². The third kappa shape index (κ3) is 5.95. The summed E-state index contributed by atoms with van der Waals surface area (Å²) in [6.07, 6.45) is -10.2. The van der Waals surface area contributed by atoms with Crippen LogP contribution in [0.3, 0.4) is 0 Å². The number of nitrogens with one attached hydrogen (secondary N) is 1. The van der Waals surface area contributed by atoms with Gasteiger partial charge >= 0.3 is 0 Å². The van der Waals surface area contributed by atoms with Crippen LogP contribution in [-0.4, -0.2) is 124 Å². The minimum Gasteiger partial charge on any atom is -0.394 e. The number of hydrogen-bond donors (Lipinski definition) is 6. The molecule has 0 radical (unpaired) electrons. The van der Waals surface area contributed by atoms with Crippen LogP contribution in [0, 0.1) is 0 Å². The van der Waals surface area contributed by atoms with Gasteiger partial charge in [0, 0.05) is 37.1 Å². The Balaban J connectivity index is 1.29. The van der Waals surface area contributed by atoms with Crippen molar-refractivity contribution in [3.8, 4) is 0 Å². The molecule has 4 rings (SSSR count). The monoisotopic (exact) mass is 558 g/mol. The van der Waals surface area contributed by atoms with E-state index in [1.165, 1.54) is 6.07 Å². The Morgan fingerprint density at radius 3 is 2.13 bits per heavy atom. The van der Waals surface area contributed by atoms with Gasteiger partial charge in [-0.3, -0.25) is 0 Å². The lowest BCUT2D eigenvalue weighted by atomic mass is 10.1. The summed E-state index contributed by atoms with van der Waals surface area (Å²) in [5.74, 6) is 0. The predicted molar refractivity (Wildman–Crippen MR) is 134 cm³/mol. The fourth-order valence-electron chi connectivity index (χ4n) is 4.50. The molecule has 0 saturated carbocycles. The Bertz CT molecular complexity index is 1200. The molecule has 0 aromatic heterocycles. The fraction of sp³-hybridized carbons (Fsp3) is 0.583. The van der Waals surface area contributed by atoms with Gasteiger partial charge in [-0.2, -0.15) is 0 Å². The van der Waals surface area contributed by atoms with Crippen molar-refractivity contribution >= 4 is 26.5 Å². The number of nitrogens with zero attached hydrogens (tertiary/aromatic N) is 1. The van der Waals surface area contributed by atoms with Gasteiger partial charge in [-0.15, -0.1) is 0 Å². The maximum Gasteiger partial charge on any atom is 0.241 e. The SMILES string of the molecule is CN(C)c1cccc2c(S(=O)(=O)NCCO[C@H]3O[C@H](CO[C@H]4O[C@H](CO)[C@@H](O)[C@@H]4O)[C@@H](O)[C@@H]3O)cccc12. The van der Waals surface area contributed by atoms with E-state index in [0.29, 0.717) is 5.39 Å². The minimum atomic E-state index is -3.89. The summed E-state index contributed by atoms with van der Waals surface area (Å²) in [6.45, 7) is -1.12. The summed E-state index contributed by atoms with van der Waals surface area (Å²) >= 11 is 0. The highest BCUT2D eigenvalue weighted by Gasteiger charge is 2.46. The zero-order valence-electron chi connectivity index (χ0n) is 21.0. The molecule has 14 heteroatoms. The standard InChI is InChI=1S/C24H34N2O11S/c1-26(2)15-7-3-6-14-13(15)5-4-8-18(14)38(32,33)25-9-10-34-23-22(31)20(29)17(37-23)12-35-24-21(30)19(28)16(11-27)36-24/h3-8,16-17,19-25,27-31H,9-12H2,1-2H3/t16-,17-,19-,20-,21+,22+,23+,24+/m1/s1. The van der Waals surface area contributed by atoms with Crippen molar-refractivity contribution in [2.24, 2.45) is 0 Å². The van der Waals surface area contributed by atoms with E-state index in [-0.39, 0.29) is 24.7 Å². The Morgan fingerprint density at radius 2 is 1.47 bits per heavy atom. The van der Waals surface area contributed by atoms with Crippen molar-refractivity contribution in [1.82, 2.24) is 4.72 Å². The number of ether oxygens (including phenoxy) is 4. The molecule has 2 fully saturated rings. The molecule has 0 spiro atoms. The highest BCUT2D eigenvalue weighted by molar-refractivity contribution is 7.89. The third-order valence-electron chi connectivity index (χ3n) is 6.55. The molecule has 2 aliphatic rings. The second kappa shape index (κ2) is 12.1. The number of aliphatic hydroxyl groups is 5. The highest BCUT2D eigenvalue weighted by atomic mass is 32.2. The van der Waals surface area contributed by atoms with Crippen LogP contribution >= 0.6 is 0 Å². The quantitative estimate of drug-likeness (QED) is 0.169. The lowest BCUT2D eigenvalue weighted by molar-refractivity contribution is -0.205. The van der Waals surface area contributed by atoms with Gasteiger partial charge in [0.25, 0.3) is 0 Å². The van der Waals surface area contributed by atoms with Crippen LogP contribution in [0.5, 0.6) is 0 Å². The van der Waals surface area contributed by atoms with Crippen LogP contribution in [0.1, 0.15) is 0 Å².